The molecular weight excluding hydrogens is 205 g/mol. The molecule has 0 spiro atoms. The van der Waals surface area contributed by atoms with Crippen LogP contribution in [-0.4, -0.2) is 38.1 Å². The van der Waals surface area contributed by atoms with E-state index in [4.69, 9.17) is 5.26 Å². The van der Waals surface area contributed by atoms with E-state index in [1.165, 1.54) is 6.07 Å². The highest BCUT2D eigenvalue weighted by Gasteiger charge is 2.15. The molecule has 0 atom stereocenters. The molecule has 1 aromatic rings. The van der Waals surface area contributed by atoms with Gasteiger partial charge in [-0.3, -0.25) is 0 Å². The van der Waals surface area contributed by atoms with Crippen LogP contribution in [0.25, 0.3) is 0 Å². The molecule has 1 aliphatic heterocycles. The fraction of sp³-hybridized carbons (Fsp3) is 0.417. The van der Waals surface area contributed by atoms with Crippen LogP contribution in [0, 0.1) is 17.1 Å². The molecule has 0 saturated carbocycles. The summed E-state index contributed by atoms with van der Waals surface area (Å²) in [5, 5.41) is 8.64. The molecule has 1 saturated heterocycles. The summed E-state index contributed by atoms with van der Waals surface area (Å²) in [6.45, 7) is 3.78. The SMILES string of the molecule is CN1CCN(c2ccc(C#N)c(F)c2)CC1. The van der Waals surface area contributed by atoms with Crippen molar-refractivity contribution in [1.29, 1.82) is 5.26 Å². The number of piperazine rings is 1. The van der Waals surface area contributed by atoms with Crippen molar-refractivity contribution in [2.75, 3.05) is 38.1 Å². The fourth-order valence-electron chi connectivity index (χ4n) is 1.86. The Bertz CT molecular complexity index is 417. The number of nitrogens with zero attached hydrogens (tertiary/aromatic N) is 3. The van der Waals surface area contributed by atoms with Gasteiger partial charge >= 0.3 is 0 Å². The maximum Gasteiger partial charge on any atom is 0.143 e. The second-order valence-corrected chi connectivity index (χ2v) is 4.07. The Morgan fingerprint density at radius 3 is 2.50 bits per heavy atom. The Balaban J connectivity index is 2.16. The molecule has 0 bridgehead atoms. The molecule has 2 rings (SSSR count). The minimum atomic E-state index is -0.432. The summed E-state index contributed by atoms with van der Waals surface area (Å²) < 4.78 is 13.4. The molecule has 0 amide bonds. The molecular formula is C12H14FN3. The molecule has 16 heavy (non-hydrogen) atoms. The standard InChI is InChI=1S/C12H14FN3/c1-15-4-6-16(7-5-15)11-3-2-10(9-14)12(13)8-11/h2-3,8H,4-7H2,1H3. The molecule has 1 fully saturated rings. The van der Waals surface area contributed by atoms with Crippen LogP contribution in [-0.2, 0) is 0 Å². The van der Waals surface area contributed by atoms with Gasteiger partial charge in [0, 0.05) is 31.9 Å². The van der Waals surface area contributed by atoms with Crippen LogP contribution in [0.2, 0.25) is 0 Å². The van der Waals surface area contributed by atoms with E-state index in [1.807, 2.05) is 12.1 Å². The van der Waals surface area contributed by atoms with Gasteiger partial charge in [0.25, 0.3) is 0 Å². The molecule has 0 aliphatic carbocycles. The van der Waals surface area contributed by atoms with Crippen molar-refractivity contribution in [3.63, 3.8) is 0 Å². The number of benzene rings is 1. The molecule has 0 unspecified atom stereocenters. The first-order valence-corrected chi connectivity index (χ1v) is 5.34. The molecule has 1 aromatic carbocycles. The number of nitriles is 1. The highest BCUT2D eigenvalue weighted by Crippen LogP contribution is 2.19. The molecule has 0 radical (unpaired) electrons. The third kappa shape index (κ3) is 2.15. The Hall–Kier alpha value is -1.60. The predicted octanol–water partition coefficient (Wildman–Crippen LogP) is 1.45. The van der Waals surface area contributed by atoms with Crippen LogP contribution in [0.5, 0.6) is 0 Å². The number of likely N-dealkylation sites (N-methyl/N-ethyl adjacent to an activating group) is 1. The van der Waals surface area contributed by atoms with Gasteiger partial charge in [-0.25, -0.2) is 4.39 Å². The highest BCUT2D eigenvalue weighted by molar-refractivity contribution is 5.50. The number of halogens is 1. The summed E-state index contributed by atoms with van der Waals surface area (Å²) in [5.41, 5.74) is 0.975. The third-order valence-corrected chi connectivity index (χ3v) is 2.94. The second kappa shape index (κ2) is 4.50. The number of hydrogen-bond acceptors (Lipinski definition) is 3. The Morgan fingerprint density at radius 2 is 1.94 bits per heavy atom. The molecule has 84 valence electrons. The predicted molar refractivity (Wildman–Crippen MR) is 60.8 cm³/mol. The van der Waals surface area contributed by atoms with Crippen LogP contribution in [0.4, 0.5) is 10.1 Å². The maximum absolute atomic E-state index is 13.4. The van der Waals surface area contributed by atoms with E-state index >= 15 is 0 Å². The third-order valence-electron chi connectivity index (χ3n) is 2.94. The number of hydrogen-bond donors (Lipinski definition) is 0. The Morgan fingerprint density at radius 1 is 1.25 bits per heavy atom. The summed E-state index contributed by atoms with van der Waals surface area (Å²) in [6.07, 6.45) is 0. The first-order chi connectivity index (χ1) is 7.70. The van der Waals surface area contributed by atoms with E-state index in [0.717, 1.165) is 31.9 Å². The zero-order valence-corrected chi connectivity index (χ0v) is 9.28. The van der Waals surface area contributed by atoms with Crippen molar-refractivity contribution in [3.05, 3.63) is 29.6 Å². The van der Waals surface area contributed by atoms with Crippen molar-refractivity contribution in [1.82, 2.24) is 4.90 Å². The van der Waals surface area contributed by atoms with Gasteiger partial charge in [0.2, 0.25) is 0 Å². The number of rotatable bonds is 1. The average Bonchev–Trinajstić information content (AvgIpc) is 2.30. The summed E-state index contributed by atoms with van der Waals surface area (Å²) in [6, 6.07) is 6.64. The lowest BCUT2D eigenvalue weighted by atomic mass is 10.2. The van der Waals surface area contributed by atoms with Crippen LogP contribution < -0.4 is 4.90 Å². The van der Waals surface area contributed by atoms with Crippen molar-refractivity contribution < 1.29 is 4.39 Å². The van der Waals surface area contributed by atoms with Gasteiger partial charge in [-0.2, -0.15) is 5.26 Å². The maximum atomic E-state index is 13.4. The van der Waals surface area contributed by atoms with Crippen molar-refractivity contribution in [3.8, 4) is 6.07 Å². The summed E-state index contributed by atoms with van der Waals surface area (Å²) in [7, 11) is 2.08. The highest BCUT2D eigenvalue weighted by atomic mass is 19.1. The average molecular weight is 219 g/mol. The lowest BCUT2D eigenvalue weighted by molar-refractivity contribution is 0.313. The van der Waals surface area contributed by atoms with Gasteiger partial charge in [0.15, 0.2) is 0 Å². The summed E-state index contributed by atoms with van der Waals surface area (Å²) in [5.74, 6) is -0.432. The Kier molecular flexibility index (Phi) is 3.07. The lowest BCUT2D eigenvalue weighted by Crippen LogP contribution is -2.44. The van der Waals surface area contributed by atoms with Gasteiger partial charge in [0.05, 0.1) is 5.56 Å². The smallest absolute Gasteiger partial charge is 0.143 e. The normalized spacial score (nSPS) is 17.2. The number of anilines is 1. The van der Waals surface area contributed by atoms with Gasteiger partial charge in [-0.15, -0.1) is 0 Å². The van der Waals surface area contributed by atoms with E-state index in [-0.39, 0.29) is 5.56 Å². The first kappa shape index (κ1) is 10.9. The molecule has 4 heteroatoms. The zero-order chi connectivity index (χ0) is 11.5. The van der Waals surface area contributed by atoms with Crippen molar-refractivity contribution in [2.24, 2.45) is 0 Å². The van der Waals surface area contributed by atoms with Crippen LogP contribution in [0.3, 0.4) is 0 Å². The van der Waals surface area contributed by atoms with Crippen LogP contribution >= 0.6 is 0 Å². The molecule has 1 aliphatic rings. The lowest BCUT2D eigenvalue weighted by Gasteiger charge is -2.34. The van der Waals surface area contributed by atoms with E-state index in [9.17, 15) is 4.39 Å². The van der Waals surface area contributed by atoms with Gasteiger partial charge < -0.3 is 9.80 Å². The second-order valence-electron chi connectivity index (χ2n) is 4.07. The monoisotopic (exact) mass is 219 g/mol. The van der Waals surface area contributed by atoms with E-state index in [2.05, 4.69) is 16.8 Å². The Labute approximate surface area is 94.7 Å². The van der Waals surface area contributed by atoms with Crippen molar-refractivity contribution in [2.45, 2.75) is 0 Å². The molecule has 0 aromatic heterocycles. The quantitative estimate of drug-likeness (QED) is 0.716. The first-order valence-electron chi connectivity index (χ1n) is 5.34. The minimum absolute atomic E-state index is 0.109. The van der Waals surface area contributed by atoms with Gasteiger partial charge in [-0.05, 0) is 25.2 Å². The summed E-state index contributed by atoms with van der Waals surface area (Å²) >= 11 is 0. The van der Waals surface area contributed by atoms with E-state index < -0.39 is 5.82 Å². The van der Waals surface area contributed by atoms with E-state index in [0.29, 0.717) is 0 Å². The van der Waals surface area contributed by atoms with Gasteiger partial charge in [-0.1, -0.05) is 0 Å². The van der Waals surface area contributed by atoms with E-state index in [1.54, 1.807) is 6.07 Å². The zero-order valence-electron chi connectivity index (χ0n) is 9.28. The largest absolute Gasteiger partial charge is 0.369 e. The minimum Gasteiger partial charge on any atom is -0.369 e. The summed E-state index contributed by atoms with van der Waals surface area (Å²) in [4.78, 5) is 4.39. The molecule has 1 heterocycles. The van der Waals surface area contributed by atoms with Crippen LogP contribution in [0.1, 0.15) is 5.56 Å². The van der Waals surface area contributed by atoms with Crippen molar-refractivity contribution >= 4 is 5.69 Å². The van der Waals surface area contributed by atoms with Gasteiger partial charge in [0.1, 0.15) is 11.9 Å². The molecule has 0 N–H and O–H groups in total. The topological polar surface area (TPSA) is 30.3 Å². The molecule has 3 nitrogen and oxygen atoms in total. The fourth-order valence-corrected chi connectivity index (χ4v) is 1.86. The van der Waals surface area contributed by atoms with Crippen LogP contribution in [0.15, 0.2) is 18.2 Å².